The SMILES string of the molecule is C=C/C=C(\C=C)n1c(S)nc2ccccc21. The minimum atomic E-state index is 0.647. The van der Waals surface area contributed by atoms with Crippen molar-refractivity contribution in [1.29, 1.82) is 0 Å². The summed E-state index contributed by atoms with van der Waals surface area (Å²) in [5, 5.41) is 0.647. The van der Waals surface area contributed by atoms with Gasteiger partial charge in [-0.25, -0.2) is 4.98 Å². The molecule has 16 heavy (non-hydrogen) atoms. The number of aromatic nitrogens is 2. The molecule has 0 fully saturated rings. The highest BCUT2D eigenvalue weighted by Crippen LogP contribution is 2.23. The summed E-state index contributed by atoms with van der Waals surface area (Å²) >= 11 is 4.37. The zero-order valence-electron chi connectivity index (χ0n) is 8.80. The van der Waals surface area contributed by atoms with Crippen LogP contribution in [0, 0.1) is 0 Å². The van der Waals surface area contributed by atoms with E-state index in [1.54, 1.807) is 12.2 Å². The molecule has 0 unspecified atom stereocenters. The van der Waals surface area contributed by atoms with E-state index in [9.17, 15) is 0 Å². The fourth-order valence-electron chi connectivity index (χ4n) is 1.62. The fourth-order valence-corrected chi connectivity index (χ4v) is 1.95. The van der Waals surface area contributed by atoms with Gasteiger partial charge < -0.3 is 0 Å². The number of hydrogen-bond donors (Lipinski definition) is 1. The molecule has 2 aromatic rings. The normalized spacial score (nSPS) is 11.7. The third-order valence-corrected chi connectivity index (χ3v) is 2.60. The average molecular weight is 228 g/mol. The van der Waals surface area contributed by atoms with E-state index in [0.29, 0.717) is 5.16 Å². The molecule has 0 bridgehead atoms. The zero-order chi connectivity index (χ0) is 11.5. The molecule has 0 saturated carbocycles. The molecule has 0 saturated heterocycles. The molecule has 0 N–H and O–H groups in total. The number of thiol groups is 1. The Hall–Kier alpha value is -1.74. The zero-order valence-corrected chi connectivity index (χ0v) is 9.69. The molecule has 0 aliphatic carbocycles. The second-order valence-electron chi connectivity index (χ2n) is 3.27. The number of nitrogens with zero attached hydrogens (tertiary/aromatic N) is 2. The van der Waals surface area contributed by atoms with Gasteiger partial charge in [0.25, 0.3) is 0 Å². The molecule has 0 radical (unpaired) electrons. The lowest BCUT2D eigenvalue weighted by Gasteiger charge is -2.05. The van der Waals surface area contributed by atoms with Crippen LogP contribution in [0.5, 0.6) is 0 Å². The first-order valence-corrected chi connectivity index (χ1v) is 5.34. The van der Waals surface area contributed by atoms with E-state index in [4.69, 9.17) is 0 Å². The van der Waals surface area contributed by atoms with Gasteiger partial charge in [0.2, 0.25) is 0 Å². The monoisotopic (exact) mass is 228 g/mol. The maximum Gasteiger partial charge on any atom is 0.170 e. The summed E-state index contributed by atoms with van der Waals surface area (Å²) in [4.78, 5) is 4.37. The topological polar surface area (TPSA) is 17.8 Å². The van der Waals surface area contributed by atoms with Crippen LogP contribution in [0.2, 0.25) is 0 Å². The fraction of sp³-hybridized carbons (Fsp3) is 0. The quantitative estimate of drug-likeness (QED) is 0.628. The third kappa shape index (κ3) is 1.70. The van der Waals surface area contributed by atoms with E-state index in [1.807, 2.05) is 34.9 Å². The summed E-state index contributed by atoms with van der Waals surface area (Å²) in [6, 6.07) is 7.89. The Labute approximate surface area is 100 Å². The number of imidazole rings is 1. The minimum Gasteiger partial charge on any atom is -0.288 e. The molecule has 1 aromatic heterocycles. The van der Waals surface area contributed by atoms with Crippen molar-refractivity contribution in [3.63, 3.8) is 0 Å². The summed E-state index contributed by atoms with van der Waals surface area (Å²) in [5.74, 6) is 0. The summed E-state index contributed by atoms with van der Waals surface area (Å²) in [5.41, 5.74) is 2.85. The standard InChI is InChI=1S/C13H12N2S/c1-3-7-10(4-2)15-12-9-6-5-8-11(12)14-13(15)16/h3-9H,1-2H2,(H,14,16)/b10-7+. The van der Waals surface area contributed by atoms with Crippen LogP contribution < -0.4 is 0 Å². The molecular weight excluding hydrogens is 216 g/mol. The summed E-state index contributed by atoms with van der Waals surface area (Å²) in [6.45, 7) is 7.47. The molecule has 0 amide bonds. The predicted molar refractivity (Wildman–Crippen MR) is 71.7 cm³/mol. The highest BCUT2D eigenvalue weighted by Gasteiger charge is 2.08. The smallest absolute Gasteiger partial charge is 0.170 e. The van der Waals surface area contributed by atoms with Crippen LogP contribution in [0.3, 0.4) is 0 Å². The number of benzene rings is 1. The Kier molecular flexibility index (Phi) is 2.97. The first-order chi connectivity index (χ1) is 7.77. The van der Waals surface area contributed by atoms with E-state index in [-0.39, 0.29) is 0 Å². The number of allylic oxidation sites excluding steroid dienone is 4. The Morgan fingerprint density at radius 1 is 1.31 bits per heavy atom. The molecule has 2 nitrogen and oxygen atoms in total. The third-order valence-electron chi connectivity index (χ3n) is 2.30. The van der Waals surface area contributed by atoms with Crippen LogP contribution in [0.4, 0.5) is 0 Å². The van der Waals surface area contributed by atoms with Gasteiger partial charge in [0, 0.05) is 5.70 Å². The molecule has 1 aromatic carbocycles. The highest BCUT2D eigenvalue weighted by atomic mass is 32.1. The summed E-state index contributed by atoms with van der Waals surface area (Å²) < 4.78 is 1.94. The van der Waals surface area contributed by atoms with Gasteiger partial charge in [0.1, 0.15) is 0 Å². The Morgan fingerprint density at radius 3 is 2.75 bits per heavy atom. The van der Waals surface area contributed by atoms with E-state index >= 15 is 0 Å². The lowest BCUT2D eigenvalue weighted by molar-refractivity contribution is 0.953. The van der Waals surface area contributed by atoms with Gasteiger partial charge in [0.15, 0.2) is 5.16 Å². The number of fused-ring (bicyclic) bond motifs is 1. The average Bonchev–Trinajstić information content (AvgIpc) is 2.62. The molecule has 0 aliphatic rings. The van der Waals surface area contributed by atoms with Gasteiger partial charge in [-0.2, -0.15) is 0 Å². The van der Waals surface area contributed by atoms with Gasteiger partial charge in [-0.15, -0.1) is 12.6 Å². The molecule has 0 aliphatic heterocycles. The maximum absolute atomic E-state index is 4.37. The van der Waals surface area contributed by atoms with Crippen molar-refractivity contribution in [3.8, 4) is 0 Å². The maximum atomic E-state index is 4.37. The highest BCUT2D eigenvalue weighted by molar-refractivity contribution is 7.80. The molecular formula is C13H12N2S. The van der Waals surface area contributed by atoms with Crippen molar-refractivity contribution < 1.29 is 0 Å². The molecule has 80 valence electrons. The van der Waals surface area contributed by atoms with Crippen LogP contribution in [0.15, 0.2) is 60.8 Å². The van der Waals surface area contributed by atoms with Crippen molar-refractivity contribution >= 4 is 29.4 Å². The number of rotatable bonds is 3. The first-order valence-electron chi connectivity index (χ1n) is 4.90. The molecule has 0 atom stereocenters. The molecule has 1 heterocycles. The van der Waals surface area contributed by atoms with E-state index in [0.717, 1.165) is 16.7 Å². The van der Waals surface area contributed by atoms with Crippen LogP contribution >= 0.6 is 12.6 Å². The van der Waals surface area contributed by atoms with Crippen molar-refractivity contribution in [1.82, 2.24) is 9.55 Å². The van der Waals surface area contributed by atoms with Gasteiger partial charge in [-0.3, -0.25) is 4.57 Å². The van der Waals surface area contributed by atoms with E-state index in [1.165, 1.54) is 0 Å². The Balaban J connectivity index is 2.76. The van der Waals surface area contributed by atoms with Gasteiger partial charge in [-0.05, 0) is 24.3 Å². The molecule has 3 heteroatoms. The number of hydrogen-bond acceptors (Lipinski definition) is 2. The van der Waals surface area contributed by atoms with Crippen molar-refractivity contribution in [2.45, 2.75) is 5.16 Å². The molecule has 0 spiro atoms. The van der Waals surface area contributed by atoms with Gasteiger partial charge in [0.05, 0.1) is 11.0 Å². The lowest BCUT2D eigenvalue weighted by Crippen LogP contribution is -1.94. The summed E-state index contributed by atoms with van der Waals surface area (Å²) in [6.07, 6.45) is 5.36. The van der Waals surface area contributed by atoms with Crippen molar-refractivity contribution in [3.05, 3.63) is 55.7 Å². The second kappa shape index (κ2) is 4.41. The Bertz CT molecular complexity index is 579. The second-order valence-corrected chi connectivity index (χ2v) is 3.67. The lowest BCUT2D eigenvalue weighted by atomic mass is 10.3. The van der Waals surface area contributed by atoms with Crippen LogP contribution in [-0.4, -0.2) is 9.55 Å². The minimum absolute atomic E-state index is 0.647. The van der Waals surface area contributed by atoms with Crippen LogP contribution in [-0.2, 0) is 0 Å². The summed E-state index contributed by atoms with van der Waals surface area (Å²) in [7, 11) is 0. The van der Waals surface area contributed by atoms with Gasteiger partial charge >= 0.3 is 0 Å². The predicted octanol–water partition coefficient (Wildman–Crippen LogP) is 3.54. The van der Waals surface area contributed by atoms with Crippen molar-refractivity contribution in [2.75, 3.05) is 0 Å². The first kappa shape index (κ1) is 10.8. The largest absolute Gasteiger partial charge is 0.288 e. The number of para-hydroxylation sites is 2. The van der Waals surface area contributed by atoms with Crippen LogP contribution in [0.1, 0.15) is 0 Å². The van der Waals surface area contributed by atoms with E-state index < -0.39 is 0 Å². The van der Waals surface area contributed by atoms with Crippen LogP contribution in [0.25, 0.3) is 16.7 Å². The van der Waals surface area contributed by atoms with Gasteiger partial charge in [-0.1, -0.05) is 31.4 Å². The van der Waals surface area contributed by atoms with E-state index in [2.05, 4.69) is 30.8 Å². The molecule has 2 rings (SSSR count). The van der Waals surface area contributed by atoms with Crippen molar-refractivity contribution in [2.24, 2.45) is 0 Å². The Morgan fingerprint density at radius 2 is 2.06 bits per heavy atom.